The van der Waals surface area contributed by atoms with Crippen LogP contribution >= 0.6 is 11.3 Å². The van der Waals surface area contributed by atoms with Crippen molar-refractivity contribution in [3.05, 3.63) is 70.6 Å². The van der Waals surface area contributed by atoms with Gasteiger partial charge in [-0.15, -0.1) is 11.3 Å². The molecule has 5 heterocycles. The number of rotatable bonds is 8. The highest BCUT2D eigenvalue weighted by atomic mass is 32.1. The first-order valence-corrected chi connectivity index (χ1v) is 12.0. The fraction of sp³-hybridized carbons (Fsp3) is 0.208. The average molecular weight is 526 g/mol. The number of furan rings is 1. The predicted octanol–water partition coefficient (Wildman–Crippen LogP) is 4.61. The van der Waals surface area contributed by atoms with Crippen LogP contribution in [0.3, 0.4) is 0 Å². The van der Waals surface area contributed by atoms with Crippen LogP contribution in [0, 0.1) is 6.92 Å². The van der Waals surface area contributed by atoms with E-state index in [0.717, 1.165) is 11.3 Å². The van der Waals surface area contributed by atoms with Gasteiger partial charge in [0.05, 0.1) is 17.9 Å². The quantitative estimate of drug-likeness (QED) is 0.304. The summed E-state index contributed by atoms with van der Waals surface area (Å²) in [5.74, 6) is -0.988. The molecule has 13 heteroatoms. The Kier molecular flexibility index (Phi) is 6.29. The summed E-state index contributed by atoms with van der Waals surface area (Å²) in [6.07, 6.45) is 2.25. The Hall–Kier alpha value is -4.39. The first-order valence-electron chi connectivity index (χ1n) is 11.2. The predicted molar refractivity (Wildman–Crippen MR) is 133 cm³/mol. The Morgan fingerprint density at radius 3 is 2.70 bits per heavy atom. The van der Waals surface area contributed by atoms with E-state index in [0.29, 0.717) is 41.1 Å². The molecule has 0 bridgehead atoms. The van der Waals surface area contributed by atoms with Gasteiger partial charge in [-0.3, -0.25) is 19.0 Å². The zero-order valence-corrected chi connectivity index (χ0v) is 20.6. The Bertz CT molecular complexity index is 1620. The summed E-state index contributed by atoms with van der Waals surface area (Å²) in [7, 11) is 0. The summed E-state index contributed by atoms with van der Waals surface area (Å²) >= 11 is 0.833. The third kappa shape index (κ3) is 4.60. The van der Waals surface area contributed by atoms with Crippen molar-refractivity contribution in [2.45, 2.75) is 33.4 Å². The van der Waals surface area contributed by atoms with E-state index >= 15 is 0 Å². The number of thiophene rings is 1. The Balaban J connectivity index is 1.61. The minimum absolute atomic E-state index is 0.00869. The molecule has 0 radical (unpaired) electrons. The second-order valence-corrected chi connectivity index (χ2v) is 9.15. The minimum Gasteiger partial charge on any atom is -0.454 e. The average Bonchev–Trinajstić information content (AvgIpc) is 3.66. The number of hydrogen-bond acceptors (Lipinski definition) is 7. The number of nitrogens with two attached hydrogens (primary N) is 1. The van der Waals surface area contributed by atoms with Gasteiger partial charge in [0, 0.05) is 36.1 Å². The lowest BCUT2D eigenvalue weighted by Gasteiger charge is -2.10. The van der Waals surface area contributed by atoms with Crippen LogP contribution in [0.2, 0.25) is 0 Å². The lowest BCUT2D eigenvalue weighted by atomic mass is 10.0. The highest BCUT2D eigenvalue weighted by Crippen LogP contribution is 2.43. The van der Waals surface area contributed by atoms with Crippen molar-refractivity contribution in [1.29, 1.82) is 0 Å². The Morgan fingerprint density at radius 2 is 2.05 bits per heavy atom. The van der Waals surface area contributed by atoms with Gasteiger partial charge in [-0.05, 0) is 43.7 Å². The standard InChI is InChI=1S/C24H21F2N7O3S/c1-3-32-11-15(12(2)31-32)14-9-16(21(25)26)29-24-18(14)19(20(37-24)22(27)34)30-23(35)17-6-5-13(36-17)10-33-8-4-7-28-33/h4-9,11,21H,3,10H2,1-2H3,(H2,27,34)(H,30,35). The van der Waals surface area contributed by atoms with Crippen molar-refractivity contribution in [1.82, 2.24) is 24.5 Å². The number of nitrogens with zero attached hydrogens (tertiary/aromatic N) is 5. The fourth-order valence-corrected chi connectivity index (χ4v) is 5.01. The second kappa shape index (κ2) is 9.58. The molecule has 0 spiro atoms. The molecule has 0 saturated heterocycles. The maximum absolute atomic E-state index is 13.7. The van der Waals surface area contributed by atoms with E-state index < -0.39 is 23.9 Å². The van der Waals surface area contributed by atoms with Crippen LogP contribution < -0.4 is 11.1 Å². The summed E-state index contributed by atoms with van der Waals surface area (Å²) in [4.78, 5) is 29.7. The topological polar surface area (TPSA) is 134 Å². The number of pyridine rings is 1. The van der Waals surface area contributed by atoms with Gasteiger partial charge >= 0.3 is 0 Å². The van der Waals surface area contributed by atoms with E-state index in [1.165, 1.54) is 12.1 Å². The lowest BCUT2D eigenvalue weighted by molar-refractivity contribution is 0.0994. The van der Waals surface area contributed by atoms with Crippen LogP contribution in [-0.4, -0.2) is 36.4 Å². The van der Waals surface area contributed by atoms with Crippen molar-refractivity contribution in [2.24, 2.45) is 5.73 Å². The van der Waals surface area contributed by atoms with Gasteiger partial charge in [-0.2, -0.15) is 10.2 Å². The maximum atomic E-state index is 13.7. The minimum atomic E-state index is -2.85. The highest BCUT2D eigenvalue weighted by molar-refractivity contribution is 7.21. The number of fused-ring (bicyclic) bond motifs is 1. The summed E-state index contributed by atoms with van der Waals surface area (Å²) in [6, 6.07) is 6.15. The number of alkyl halides is 2. The van der Waals surface area contributed by atoms with E-state index in [2.05, 4.69) is 20.5 Å². The molecule has 0 aliphatic rings. The van der Waals surface area contributed by atoms with Gasteiger partial charge in [0.1, 0.15) is 21.2 Å². The molecular formula is C24H21F2N7O3S. The molecule has 5 rings (SSSR count). The third-order valence-electron chi connectivity index (χ3n) is 5.69. The molecule has 190 valence electrons. The first kappa shape index (κ1) is 24.3. The molecule has 0 aromatic carbocycles. The number of hydrogen-bond donors (Lipinski definition) is 2. The second-order valence-electron chi connectivity index (χ2n) is 8.15. The van der Waals surface area contributed by atoms with Crippen molar-refractivity contribution >= 4 is 39.1 Å². The molecule has 37 heavy (non-hydrogen) atoms. The summed E-state index contributed by atoms with van der Waals surface area (Å²) in [5.41, 5.74) is 6.74. The number of aryl methyl sites for hydroxylation is 2. The van der Waals surface area contributed by atoms with Crippen LogP contribution in [0.25, 0.3) is 21.3 Å². The number of nitrogens with one attached hydrogen (secondary N) is 1. The number of carbonyl (C=O) groups is 2. The van der Waals surface area contributed by atoms with E-state index in [1.54, 1.807) is 47.0 Å². The third-order valence-corrected chi connectivity index (χ3v) is 6.79. The molecule has 2 amide bonds. The van der Waals surface area contributed by atoms with Crippen molar-refractivity contribution in [3.63, 3.8) is 0 Å². The molecule has 0 aliphatic carbocycles. The van der Waals surface area contributed by atoms with E-state index in [-0.39, 0.29) is 21.2 Å². The van der Waals surface area contributed by atoms with Crippen molar-refractivity contribution in [2.75, 3.05) is 5.32 Å². The molecule has 0 atom stereocenters. The molecule has 5 aromatic heterocycles. The molecule has 0 unspecified atom stereocenters. The highest BCUT2D eigenvalue weighted by Gasteiger charge is 2.27. The number of halogens is 2. The van der Waals surface area contributed by atoms with Gasteiger partial charge in [-0.25, -0.2) is 13.8 Å². The zero-order valence-electron chi connectivity index (χ0n) is 19.7. The molecule has 0 fully saturated rings. The number of amides is 2. The molecule has 3 N–H and O–H groups in total. The van der Waals surface area contributed by atoms with Gasteiger partial charge in [-0.1, -0.05) is 0 Å². The number of primary amides is 1. The van der Waals surface area contributed by atoms with E-state index in [9.17, 15) is 18.4 Å². The van der Waals surface area contributed by atoms with Crippen LogP contribution in [0.15, 0.2) is 47.3 Å². The summed E-state index contributed by atoms with van der Waals surface area (Å²) in [5, 5.41) is 11.5. The van der Waals surface area contributed by atoms with Crippen molar-refractivity contribution in [3.8, 4) is 11.1 Å². The van der Waals surface area contributed by atoms with Gasteiger partial charge in [0.2, 0.25) is 0 Å². The smallest absolute Gasteiger partial charge is 0.291 e. The summed E-state index contributed by atoms with van der Waals surface area (Å²) < 4.78 is 36.5. The van der Waals surface area contributed by atoms with Crippen LogP contribution in [0.4, 0.5) is 14.5 Å². The van der Waals surface area contributed by atoms with Crippen LogP contribution in [-0.2, 0) is 13.1 Å². The molecule has 0 aliphatic heterocycles. The molecule has 0 saturated carbocycles. The van der Waals surface area contributed by atoms with Gasteiger partial charge < -0.3 is 15.5 Å². The molecule has 5 aromatic rings. The normalized spacial score (nSPS) is 11.5. The first-order chi connectivity index (χ1) is 17.7. The Morgan fingerprint density at radius 1 is 1.24 bits per heavy atom. The SMILES string of the molecule is CCn1cc(-c2cc(C(F)F)nc3sc(C(N)=O)c(NC(=O)c4ccc(Cn5cccn5)o4)c23)c(C)n1. The molecule has 10 nitrogen and oxygen atoms in total. The van der Waals surface area contributed by atoms with Crippen LogP contribution in [0.5, 0.6) is 0 Å². The zero-order chi connectivity index (χ0) is 26.3. The number of anilines is 1. The van der Waals surface area contributed by atoms with Gasteiger partial charge in [0.15, 0.2) is 5.76 Å². The monoisotopic (exact) mass is 525 g/mol. The maximum Gasteiger partial charge on any atom is 0.291 e. The molecular weight excluding hydrogens is 504 g/mol. The Labute approximate surface area is 212 Å². The van der Waals surface area contributed by atoms with Crippen LogP contribution in [0.1, 0.15) is 50.7 Å². The van der Waals surface area contributed by atoms with E-state index in [1.807, 2.05) is 6.92 Å². The fourth-order valence-electron chi connectivity index (χ4n) is 3.99. The van der Waals surface area contributed by atoms with Crippen molar-refractivity contribution < 1.29 is 22.8 Å². The van der Waals surface area contributed by atoms with E-state index in [4.69, 9.17) is 10.2 Å². The number of aromatic nitrogens is 5. The largest absolute Gasteiger partial charge is 0.454 e. The number of carbonyl (C=O) groups excluding carboxylic acids is 2. The lowest BCUT2D eigenvalue weighted by Crippen LogP contribution is -2.16. The van der Waals surface area contributed by atoms with Gasteiger partial charge in [0.25, 0.3) is 18.2 Å². The summed E-state index contributed by atoms with van der Waals surface area (Å²) in [6.45, 7) is 4.53.